The summed E-state index contributed by atoms with van der Waals surface area (Å²) in [5.74, 6) is 5.06. The number of para-hydroxylation sites is 2. The van der Waals surface area contributed by atoms with Gasteiger partial charge in [-0.2, -0.15) is 29.4 Å². The minimum absolute atomic E-state index is 0.0198. The number of likely N-dealkylation sites (N-methyl/N-ethyl adjacent to an activating group) is 1. The van der Waals surface area contributed by atoms with Crippen molar-refractivity contribution < 1.29 is 62.3 Å². The molecule has 0 unspecified atom stereocenters. The highest BCUT2D eigenvalue weighted by Crippen LogP contribution is 2.46. The van der Waals surface area contributed by atoms with Crippen molar-refractivity contribution in [2.24, 2.45) is 5.90 Å². The predicted octanol–water partition coefficient (Wildman–Crippen LogP) is 15.0. The first-order valence-corrected chi connectivity index (χ1v) is 55.0. The average molecular weight is 1820 g/mol. The normalized spacial score (nSPS) is 17.7. The number of carbonyl (C=O) groups is 2. The molecule has 6 aromatic heterocycles. The van der Waals surface area contributed by atoms with Crippen LogP contribution in [0, 0.1) is 7.14 Å². The average Bonchev–Trinajstić information content (AvgIpc) is 1.59. The molecule has 110 heavy (non-hydrogen) atoms. The van der Waals surface area contributed by atoms with Crippen LogP contribution in [0.5, 0.6) is 0 Å². The first kappa shape index (κ1) is 90.1. The van der Waals surface area contributed by atoms with Crippen molar-refractivity contribution in [3.63, 3.8) is 0 Å². The van der Waals surface area contributed by atoms with Gasteiger partial charge < -0.3 is 57.6 Å². The summed E-state index contributed by atoms with van der Waals surface area (Å²) < 4.78 is 57.8. The van der Waals surface area contributed by atoms with E-state index in [1.54, 1.807) is 21.3 Å². The van der Waals surface area contributed by atoms with Crippen molar-refractivity contribution in [1.82, 2.24) is 53.8 Å². The van der Waals surface area contributed by atoms with E-state index >= 15 is 0 Å². The number of carboxylic acids is 1. The zero-order chi connectivity index (χ0) is 80.0. The van der Waals surface area contributed by atoms with Crippen LogP contribution in [-0.4, -0.2) is 230 Å². The highest BCUT2D eigenvalue weighted by Gasteiger charge is 2.47. The van der Waals surface area contributed by atoms with Crippen molar-refractivity contribution in [2.45, 2.75) is 177 Å². The van der Waals surface area contributed by atoms with Crippen molar-refractivity contribution in [3.05, 3.63) is 116 Å². The molecule has 1 amide bonds. The Balaban J connectivity index is 0.000000267. The molecule has 0 spiro atoms. The zero-order valence-corrected chi connectivity index (χ0v) is 76.2. The summed E-state index contributed by atoms with van der Waals surface area (Å²) >= 11 is 4.83. The Hall–Kier alpha value is -5.47. The fourth-order valence-electron chi connectivity index (χ4n) is 12.9. The molecule has 2 fully saturated rings. The maximum Gasteiger partial charge on any atom is 0.335 e. The quantitative estimate of drug-likeness (QED) is 0.0119. The molecule has 3 N–H and O–H groups in total. The number of anilines is 2. The van der Waals surface area contributed by atoms with Crippen LogP contribution in [0.1, 0.15) is 74.6 Å². The first-order chi connectivity index (χ1) is 52.3. The lowest BCUT2D eigenvalue weighted by Gasteiger charge is -2.40. The monoisotopic (exact) mass is 1810 g/mol. The number of aromatic nitrogens is 10. The van der Waals surface area contributed by atoms with Gasteiger partial charge in [0, 0.05) is 126 Å². The molecule has 0 radical (unpaired) electrons. The summed E-state index contributed by atoms with van der Waals surface area (Å²) in [6.45, 7) is 33.7. The number of benzene rings is 2. The van der Waals surface area contributed by atoms with Crippen LogP contribution in [0.25, 0.3) is 44.9 Å². The molecule has 0 bridgehead atoms. The number of hydroxylamine groups is 2. The second-order valence-electron chi connectivity index (χ2n) is 33.1. The van der Waals surface area contributed by atoms with Gasteiger partial charge in [0.2, 0.25) is 0 Å². The van der Waals surface area contributed by atoms with E-state index in [1.165, 1.54) is 19.3 Å². The lowest BCUT2D eigenvalue weighted by atomic mass is 9.76. The van der Waals surface area contributed by atoms with Gasteiger partial charge in [-0.25, -0.2) is 35.1 Å². The molecule has 2 aromatic carbocycles. The third-order valence-corrected chi connectivity index (χ3v) is 28.5. The second kappa shape index (κ2) is 41.7. The standard InChI is InChI=1S/C39H60IN7O6Si2.C37H55IN6O6Si2.CH5NO/c1-44(50-3)38(48)39(53-20-19-49-2)17-15-30(16-18-39)35-34(40)37(45(28-51-21-23-54(4,5)6)29-52-22-24-55(7,8)9)47-36(43-35)33(26-42-47)31-25-41-46(27-31)32-13-11-10-12-14-32;1-47-17-18-50-37(36(45)46)15-13-28(14-16-37)33-32(38)35(42(26-48-19-21-51(2,3)4)27-49-20-22-52(5,6)7)44-34(41-33)31(24-40-44)29-23-39-43(25-29)30-11-9-8-10-12-30;1-3-2/h10-14,25-27,30H,15-24,28-29H2,1-9H3;8-12,23-25,28H,13-22,26-27H2,1-7H3,(H,45,46);2H2,1H3. The molecule has 2 aliphatic rings. The van der Waals surface area contributed by atoms with Gasteiger partial charge in [-0.1, -0.05) is 115 Å². The van der Waals surface area contributed by atoms with E-state index in [4.69, 9.17) is 68.0 Å². The molecule has 0 aliphatic heterocycles. The molecule has 8 aromatic rings. The Morgan fingerprint density at radius 1 is 0.509 bits per heavy atom. The summed E-state index contributed by atoms with van der Waals surface area (Å²) in [4.78, 5) is 50.3. The summed E-state index contributed by atoms with van der Waals surface area (Å²) in [7, 11) is 2.54. The van der Waals surface area contributed by atoms with Crippen molar-refractivity contribution in [2.75, 3.05) is 125 Å². The van der Waals surface area contributed by atoms with Gasteiger partial charge in [0.25, 0.3) is 5.91 Å². The van der Waals surface area contributed by atoms with Crippen LogP contribution in [0.15, 0.2) is 97.8 Å². The lowest BCUT2D eigenvalue weighted by molar-refractivity contribution is -0.200. The Labute approximate surface area is 681 Å². The molecule has 0 saturated heterocycles. The molecule has 0 atom stereocenters. The number of methoxy groups -OCH3 is 2. The van der Waals surface area contributed by atoms with E-state index in [-0.39, 0.29) is 24.3 Å². The van der Waals surface area contributed by atoms with Crippen LogP contribution < -0.4 is 15.7 Å². The summed E-state index contributed by atoms with van der Waals surface area (Å²) in [6, 6.07) is 24.3. The van der Waals surface area contributed by atoms with E-state index in [0.717, 1.165) is 93.6 Å². The van der Waals surface area contributed by atoms with E-state index in [1.807, 2.05) is 116 Å². The topological polar surface area (TPSA) is 278 Å². The SMILES string of the molecule is COCCOC1(C(=O)N(C)OC)CCC(c2nc3c(-c4cnn(-c5ccccc5)c4)cnn3c(N(COCC[Si](C)(C)C)COCC[Si](C)(C)C)c2I)CC1.COCCOC1(C(=O)O)CCC(c2nc3c(-c4cnn(-c5ccccc5)c4)cnn3c(N(COCC[Si](C)(C)C)COCC[Si](C)(C)C)c2I)CC1.CON. The molecule has 27 nitrogen and oxygen atoms in total. The van der Waals surface area contributed by atoms with E-state index in [2.05, 4.69) is 149 Å². The van der Waals surface area contributed by atoms with E-state index in [0.29, 0.717) is 130 Å². The van der Waals surface area contributed by atoms with Crippen LogP contribution in [0.2, 0.25) is 103 Å². The molecular weight excluding hydrogens is 1700 g/mol. The number of aliphatic carboxylic acids is 1. The van der Waals surface area contributed by atoms with E-state index < -0.39 is 49.5 Å². The number of fused-ring (bicyclic) bond motifs is 2. The third kappa shape index (κ3) is 25.3. The maximum absolute atomic E-state index is 13.7. The lowest BCUT2D eigenvalue weighted by Crippen LogP contribution is -2.51. The van der Waals surface area contributed by atoms with Crippen LogP contribution in [-0.2, 0) is 57.2 Å². The number of hydrogen-bond acceptors (Lipinski definition) is 21. The molecule has 10 rings (SSSR count). The number of hydrogen-bond donors (Lipinski definition) is 2. The van der Waals surface area contributed by atoms with Crippen molar-refractivity contribution in [1.29, 1.82) is 0 Å². The van der Waals surface area contributed by atoms with E-state index in [9.17, 15) is 14.7 Å². The minimum atomic E-state index is -1.30. The largest absolute Gasteiger partial charge is 0.479 e. The molecule has 33 heteroatoms. The van der Waals surface area contributed by atoms with Crippen molar-refractivity contribution >= 4 is 112 Å². The number of amides is 1. The van der Waals surface area contributed by atoms with Gasteiger partial charge in [0.1, 0.15) is 32.5 Å². The number of ether oxygens (including phenoxy) is 8. The summed E-state index contributed by atoms with van der Waals surface area (Å²) in [6.07, 6.45) is 15.9. The highest BCUT2D eigenvalue weighted by molar-refractivity contribution is 14.1. The smallest absolute Gasteiger partial charge is 0.335 e. The van der Waals surface area contributed by atoms with Crippen molar-refractivity contribution in [3.8, 4) is 33.6 Å². The number of nitrogens with two attached hydrogens (primary N) is 1. The Bertz CT molecular complexity index is 4110. The summed E-state index contributed by atoms with van der Waals surface area (Å²) in [5, 5.41) is 30.8. The molecule has 2 saturated carbocycles. The Morgan fingerprint density at radius 2 is 0.845 bits per heavy atom. The van der Waals surface area contributed by atoms with Crippen LogP contribution >= 0.6 is 45.2 Å². The second-order valence-corrected chi connectivity index (χ2v) is 57.7. The first-order valence-electron chi connectivity index (χ1n) is 38.0. The Kier molecular flexibility index (Phi) is 34.2. The molecular formula is C77H120I2N14O13Si4. The van der Waals surface area contributed by atoms with Gasteiger partial charge in [-0.05, 0) is 145 Å². The fourth-order valence-corrected chi connectivity index (χ4v) is 18.2. The van der Waals surface area contributed by atoms with Crippen LogP contribution in [0.3, 0.4) is 0 Å². The summed E-state index contributed by atoms with van der Waals surface area (Å²) in [5.41, 5.74) is 6.57. The highest BCUT2D eigenvalue weighted by atomic mass is 127. The maximum atomic E-state index is 13.7. The molecule has 6 heterocycles. The number of nitrogens with zero attached hydrogens (tertiary/aromatic N) is 13. The number of carbonyl (C=O) groups excluding carboxylic acids is 1. The molecule has 606 valence electrons. The minimum Gasteiger partial charge on any atom is -0.479 e. The van der Waals surface area contributed by atoms with Gasteiger partial charge >= 0.3 is 5.97 Å². The number of halogens is 2. The Morgan fingerprint density at radius 3 is 1.16 bits per heavy atom. The van der Waals surface area contributed by atoms with Gasteiger partial charge in [-0.3, -0.25) is 9.63 Å². The predicted molar refractivity (Wildman–Crippen MR) is 460 cm³/mol. The fraction of sp³-hybridized carbons (Fsp3) is 0.584. The third-order valence-electron chi connectivity index (χ3n) is 19.6. The molecule has 2 aliphatic carbocycles. The zero-order valence-electron chi connectivity index (χ0n) is 67.9. The van der Waals surface area contributed by atoms with Gasteiger partial charge in [0.05, 0.1) is 95.3 Å². The van der Waals surface area contributed by atoms with Crippen LogP contribution in [0.4, 0.5) is 11.6 Å². The van der Waals surface area contributed by atoms with Gasteiger partial charge in [0.15, 0.2) is 28.5 Å². The van der Waals surface area contributed by atoms with Gasteiger partial charge in [-0.15, -0.1) is 0 Å². The number of rotatable bonds is 39. The number of carboxylic acid groups (broad SMARTS) is 1.